The van der Waals surface area contributed by atoms with Crippen molar-refractivity contribution in [2.45, 2.75) is 32.7 Å². The first-order valence-corrected chi connectivity index (χ1v) is 11.5. The van der Waals surface area contributed by atoms with Gasteiger partial charge in [0, 0.05) is 25.2 Å². The van der Waals surface area contributed by atoms with E-state index in [0.717, 1.165) is 42.9 Å². The van der Waals surface area contributed by atoms with Crippen LogP contribution in [0.3, 0.4) is 0 Å². The Morgan fingerprint density at radius 3 is 2.91 bits per heavy atom. The molecule has 2 aromatic carbocycles. The van der Waals surface area contributed by atoms with E-state index in [1.807, 2.05) is 6.92 Å². The van der Waals surface area contributed by atoms with Crippen molar-refractivity contribution in [3.05, 3.63) is 70.0 Å². The van der Waals surface area contributed by atoms with E-state index < -0.39 is 5.82 Å². The molecule has 2 aliphatic heterocycles. The summed E-state index contributed by atoms with van der Waals surface area (Å²) in [5, 5.41) is 7.37. The number of hydrogen-bond acceptors (Lipinski definition) is 5. The fourth-order valence-electron chi connectivity index (χ4n) is 4.40. The highest BCUT2D eigenvalue weighted by Gasteiger charge is 2.25. The summed E-state index contributed by atoms with van der Waals surface area (Å²) in [6, 6.07) is 11.4. The van der Waals surface area contributed by atoms with Crippen molar-refractivity contribution in [3.63, 3.8) is 0 Å². The molecule has 0 saturated heterocycles. The molecular formula is C25H29ClFN5. The van der Waals surface area contributed by atoms with Crippen LogP contribution in [-0.2, 0) is 0 Å². The third-order valence-corrected chi connectivity index (χ3v) is 6.59. The Kier molecular flexibility index (Phi) is 6.92. The molecule has 2 aromatic rings. The fourth-order valence-corrected chi connectivity index (χ4v) is 4.57. The highest BCUT2D eigenvalue weighted by Crippen LogP contribution is 2.34. The number of benzene rings is 2. The zero-order chi connectivity index (χ0) is 22.7. The maximum absolute atomic E-state index is 14.7. The average molecular weight is 454 g/mol. The highest BCUT2D eigenvalue weighted by atomic mass is 35.5. The van der Waals surface area contributed by atoms with E-state index in [9.17, 15) is 4.39 Å². The highest BCUT2D eigenvalue weighted by molar-refractivity contribution is 6.48. The van der Waals surface area contributed by atoms with Gasteiger partial charge in [-0.1, -0.05) is 42.8 Å². The smallest absolute Gasteiger partial charge is 0.164 e. The van der Waals surface area contributed by atoms with Crippen LogP contribution in [0.4, 0.5) is 10.1 Å². The molecule has 0 bridgehead atoms. The minimum atomic E-state index is -0.438. The Hall–Kier alpha value is -2.70. The molecule has 0 fully saturated rings. The summed E-state index contributed by atoms with van der Waals surface area (Å²) in [6.07, 6.45) is 4.04. The van der Waals surface area contributed by atoms with Gasteiger partial charge in [-0.15, -0.1) is 0 Å². The van der Waals surface area contributed by atoms with Crippen LogP contribution in [0.5, 0.6) is 0 Å². The Bertz CT molecular complexity index is 1090. The second-order valence-electron chi connectivity index (χ2n) is 8.21. The lowest BCUT2D eigenvalue weighted by Gasteiger charge is -2.26. The SMILES string of the molecule is CCN1CC=C(c2ccc3c(c2)C(Nc2cccc(Cl)c2F)CCN=C3C(C)=NN)CC1. The molecule has 32 heavy (non-hydrogen) atoms. The lowest BCUT2D eigenvalue weighted by atomic mass is 9.89. The van der Waals surface area contributed by atoms with Gasteiger partial charge in [0.15, 0.2) is 5.82 Å². The Balaban J connectivity index is 1.76. The van der Waals surface area contributed by atoms with Crippen molar-refractivity contribution in [1.29, 1.82) is 0 Å². The number of hydrazone groups is 1. The maximum Gasteiger partial charge on any atom is 0.164 e. The lowest BCUT2D eigenvalue weighted by molar-refractivity contribution is 0.319. The van der Waals surface area contributed by atoms with Crippen LogP contribution in [0.1, 0.15) is 49.4 Å². The van der Waals surface area contributed by atoms with E-state index in [0.29, 0.717) is 24.4 Å². The average Bonchev–Trinajstić information content (AvgIpc) is 3.00. The van der Waals surface area contributed by atoms with E-state index in [1.54, 1.807) is 18.2 Å². The molecule has 0 saturated carbocycles. The third kappa shape index (κ3) is 4.57. The largest absolute Gasteiger partial charge is 0.376 e. The van der Waals surface area contributed by atoms with E-state index in [-0.39, 0.29) is 11.1 Å². The van der Waals surface area contributed by atoms with Gasteiger partial charge in [-0.05, 0) is 61.2 Å². The first-order valence-electron chi connectivity index (χ1n) is 11.1. The minimum Gasteiger partial charge on any atom is -0.376 e. The van der Waals surface area contributed by atoms with Crippen LogP contribution in [0.2, 0.25) is 5.02 Å². The van der Waals surface area contributed by atoms with Crippen molar-refractivity contribution in [1.82, 2.24) is 4.90 Å². The molecule has 0 aromatic heterocycles. The number of hydrogen-bond donors (Lipinski definition) is 2. The minimum absolute atomic E-state index is 0.105. The van der Waals surface area contributed by atoms with Gasteiger partial charge in [-0.3, -0.25) is 9.89 Å². The van der Waals surface area contributed by atoms with Gasteiger partial charge in [-0.25, -0.2) is 4.39 Å². The normalized spacial score (nSPS) is 19.6. The summed E-state index contributed by atoms with van der Waals surface area (Å²) in [6.45, 7) is 7.71. The van der Waals surface area contributed by atoms with Crippen molar-refractivity contribution in [2.75, 3.05) is 31.5 Å². The standard InChI is InChI=1S/C25H29ClFN5/c1-3-32-13-10-17(11-14-32)18-7-8-19-20(15-18)22(9-12-29-25(19)16(2)31-28)30-23-6-4-5-21(26)24(23)27/h4-8,10,15,22,30H,3,9,11-14,28H2,1-2H3. The zero-order valence-corrected chi connectivity index (χ0v) is 19.3. The molecule has 0 aliphatic carbocycles. The van der Waals surface area contributed by atoms with E-state index >= 15 is 0 Å². The van der Waals surface area contributed by atoms with Gasteiger partial charge in [0.05, 0.1) is 28.2 Å². The Labute approximate surface area is 193 Å². The van der Waals surface area contributed by atoms with Crippen LogP contribution in [0.15, 0.2) is 52.6 Å². The van der Waals surface area contributed by atoms with Gasteiger partial charge >= 0.3 is 0 Å². The molecule has 7 heteroatoms. The second-order valence-corrected chi connectivity index (χ2v) is 8.61. The van der Waals surface area contributed by atoms with Gasteiger partial charge in [0.1, 0.15) is 0 Å². The molecule has 5 nitrogen and oxygen atoms in total. The van der Waals surface area contributed by atoms with Crippen LogP contribution in [0.25, 0.3) is 5.57 Å². The first kappa shape index (κ1) is 22.5. The number of likely N-dealkylation sites (N-methyl/N-ethyl adjacent to an activating group) is 1. The number of rotatable bonds is 5. The summed E-state index contributed by atoms with van der Waals surface area (Å²) in [7, 11) is 0. The number of fused-ring (bicyclic) bond motifs is 1. The van der Waals surface area contributed by atoms with E-state index in [4.69, 9.17) is 22.4 Å². The van der Waals surface area contributed by atoms with E-state index in [2.05, 4.69) is 46.5 Å². The zero-order valence-electron chi connectivity index (χ0n) is 18.5. The van der Waals surface area contributed by atoms with Crippen molar-refractivity contribution in [3.8, 4) is 0 Å². The molecule has 3 N–H and O–H groups in total. The number of halogens is 2. The molecule has 1 unspecified atom stereocenters. The molecule has 0 amide bonds. The predicted octanol–water partition coefficient (Wildman–Crippen LogP) is 5.27. The quantitative estimate of drug-likeness (QED) is 0.368. The van der Waals surface area contributed by atoms with Crippen molar-refractivity contribution in [2.24, 2.45) is 15.9 Å². The number of anilines is 1. The topological polar surface area (TPSA) is 66.0 Å². The Morgan fingerprint density at radius 1 is 1.34 bits per heavy atom. The third-order valence-electron chi connectivity index (χ3n) is 6.30. The molecule has 1 atom stereocenters. The molecule has 168 valence electrons. The van der Waals surface area contributed by atoms with Crippen LogP contribution >= 0.6 is 11.6 Å². The van der Waals surface area contributed by atoms with Gasteiger partial charge in [0.2, 0.25) is 0 Å². The summed E-state index contributed by atoms with van der Waals surface area (Å²) in [5.74, 6) is 5.15. The van der Waals surface area contributed by atoms with Gasteiger partial charge in [0.25, 0.3) is 0 Å². The van der Waals surface area contributed by atoms with E-state index in [1.165, 1.54) is 11.1 Å². The van der Waals surface area contributed by atoms with Gasteiger partial charge in [-0.2, -0.15) is 5.10 Å². The summed E-state index contributed by atoms with van der Waals surface area (Å²) in [4.78, 5) is 7.18. The first-order chi connectivity index (χ1) is 15.5. The molecular weight excluding hydrogens is 425 g/mol. The monoisotopic (exact) mass is 453 g/mol. The Morgan fingerprint density at radius 2 is 2.19 bits per heavy atom. The number of nitrogens with zero attached hydrogens (tertiary/aromatic N) is 3. The second kappa shape index (κ2) is 9.84. The van der Waals surface area contributed by atoms with Crippen LogP contribution < -0.4 is 11.2 Å². The number of nitrogens with one attached hydrogen (secondary N) is 1. The van der Waals surface area contributed by atoms with Crippen LogP contribution in [-0.4, -0.2) is 42.5 Å². The lowest BCUT2D eigenvalue weighted by Crippen LogP contribution is -2.28. The van der Waals surface area contributed by atoms with Crippen molar-refractivity contribution < 1.29 is 4.39 Å². The predicted molar refractivity (Wildman–Crippen MR) is 132 cm³/mol. The summed E-state index contributed by atoms with van der Waals surface area (Å²) in [5.41, 5.74) is 6.45. The fraction of sp³-hybridized carbons (Fsp3) is 0.360. The number of aliphatic imine (C=N–C) groups is 1. The summed E-state index contributed by atoms with van der Waals surface area (Å²) < 4.78 is 14.7. The maximum atomic E-state index is 14.7. The van der Waals surface area contributed by atoms with Crippen molar-refractivity contribution >= 4 is 34.3 Å². The molecule has 4 rings (SSSR count). The molecule has 2 heterocycles. The number of nitrogens with two attached hydrogens (primary N) is 1. The summed E-state index contributed by atoms with van der Waals surface area (Å²) >= 11 is 6.02. The molecule has 2 aliphatic rings. The van der Waals surface area contributed by atoms with Crippen LogP contribution in [0, 0.1) is 5.82 Å². The van der Waals surface area contributed by atoms with Gasteiger partial charge < -0.3 is 11.2 Å². The molecule has 0 radical (unpaired) electrons. The molecule has 0 spiro atoms.